The molecule has 0 spiro atoms. The smallest absolute Gasteiger partial charge is 0.270 e. The Morgan fingerprint density at radius 3 is 2.29 bits per heavy atom. The Morgan fingerprint density at radius 1 is 1.08 bits per heavy atom. The highest BCUT2D eigenvalue weighted by Gasteiger charge is 2.33. The first-order valence-electron chi connectivity index (χ1n) is 7.30. The molecule has 2 aromatic rings. The molecule has 1 saturated heterocycles. The Bertz CT molecular complexity index is 812. The molecule has 0 aromatic heterocycles. The molecule has 1 fully saturated rings. The van der Waals surface area contributed by atoms with Crippen molar-refractivity contribution in [3.63, 3.8) is 0 Å². The van der Waals surface area contributed by atoms with Gasteiger partial charge in [-0.3, -0.25) is 9.69 Å². The Labute approximate surface area is 150 Å². The molecule has 24 heavy (non-hydrogen) atoms. The van der Waals surface area contributed by atoms with Crippen LogP contribution in [0.2, 0.25) is 0 Å². The van der Waals surface area contributed by atoms with Crippen LogP contribution >= 0.6 is 24.0 Å². The second kappa shape index (κ2) is 6.67. The van der Waals surface area contributed by atoms with Crippen molar-refractivity contribution in [1.82, 2.24) is 0 Å². The largest absolute Gasteiger partial charge is 0.508 e. The van der Waals surface area contributed by atoms with Crippen LogP contribution < -0.4 is 9.80 Å². The highest BCUT2D eigenvalue weighted by Crippen LogP contribution is 2.36. The van der Waals surface area contributed by atoms with Gasteiger partial charge in [0.15, 0.2) is 4.32 Å². The first kappa shape index (κ1) is 16.5. The van der Waals surface area contributed by atoms with Gasteiger partial charge in [0, 0.05) is 19.8 Å². The molecule has 4 nitrogen and oxygen atoms in total. The van der Waals surface area contributed by atoms with E-state index in [0.717, 1.165) is 16.9 Å². The summed E-state index contributed by atoms with van der Waals surface area (Å²) in [5.41, 5.74) is 2.66. The molecule has 6 heteroatoms. The molecular weight excluding hydrogens is 340 g/mol. The lowest BCUT2D eigenvalue weighted by Crippen LogP contribution is -2.27. The van der Waals surface area contributed by atoms with Crippen molar-refractivity contribution in [3.05, 3.63) is 59.0 Å². The summed E-state index contributed by atoms with van der Waals surface area (Å²) in [6.07, 6.45) is 1.78. The van der Waals surface area contributed by atoms with Gasteiger partial charge in [-0.25, -0.2) is 0 Å². The number of benzene rings is 2. The third-order valence-corrected chi connectivity index (χ3v) is 4.91. The van der Waals surface area contributed by atoms with Crippen molar-refractivity contribution in [3.8, 4) is 5.75 Å². The quantitative estimate of drug-likeness (QED) is 0.668. The molecular formula is C18H16N2O2S2. The van der Waals surface area contributed by atoms with Crippen LogP contribution in [0.1, 0.15) is 5.56 Å². The van der Waals surface area contributed by atoms with E-state index in [-0.39, 0.29) is 11.7 Å². The van der Waals surface area contributed by atoms with Crippen molar-refractivity contribution in [1.29, 1.82) is 0 Å². The fourth-order valence-corrected chi connectivity index (χ4v) is 3.61. The predicted octanol–water partition coefficient (Wildman–Crippen LogP) is 3.86. The molecule has 0 aliphatic carbocycles. The lowest BCUT2D eigenvalue weighted by molar-refractivity contribution is -0.113. The molecule has 0 unspecified atom stereocenters. The van der Waals surface area contributed by atoms with Crippen LogP contribution in [0, 0.1) is 0 Å². The number of amides is 1. The maximum absolute atomic E-state index is 12.7. The summed E-state index contributed by atoms with van der Waals surface area (Å²) in [6, 6.07) is 14.4. The van der Waals surface area contributed by atoms with Crippen molar-refractivity contribution in [2.75, 3.05) is 23.9 Å². The fraction of sp³-hybridized carbons (Fsp3) is 0.111. The molecule has 0 saturated carbocycles. The van der Waals surface area contributed by atoms with Crippen LogP contribution in [-0.4, -0.2) is 29.4 Å². The van der Waals surface area contributed by atoms with Crippen LogP contribution in [0.5, 0.6) is 5.75 Å². The third kappa shape index (κ3) is 3.29. The second-order valence-corrected chi connectivity index (χ2v) is 7.20. The number of thiocarbonyl (C=S) groups is 1. The van der Waals surface area contributed by atoms with Gasteiger partial charge in [0.25, 0.3) is 5.91 Å². The van der Waals surface area contributed by atoms with Gasteiger partial charge >= 0.3 is 0 Å². The Morgan fingerprint density at radius 2 is 1.71 bits per heavy atom. The SMILES string of the molecule is CN(C)c1ccc(N2C(=O)/C(=C\c3ccc(O)cc3)SC2=S)cc1. The number of phenolic OH excluding ortho intramolecular Hbond substituents is 1. The van der Waals surface area contributed by atoms with E-state index in [2.05, 4.69) is 0 Å². The predicted molar refractivity (Wildman–Crippen MR) is 105 cm³/mol. The number of rotatable bonds is 3. The van der Waals surface area contributed by atoms with Crippen molar-refractivity contribution in [2.24, 2.45) is 0 Å². The van der Waals surface area contributed by atoms with E-state index in [1.807, 2.05) is 43.3 Å². The van der Waals surface area contributed by atoms with E-state index >= 15 is 0 Å². The number of anilines is 2. The summed E-state index contributed by atoms with van der Waals surface area (Å²) in [5.74, 6) is 0.0661. The molecule has 3 rings (SSSR count). The maximum Gasteiger partial charge on any atom is 0.270 e. The number of thioether (sulfide) groups is 1. The van der Waals surface area contributed by atoms with Gasteiger partial charge < -0.3 is 10.0 Å². The Kier molecular flexibility index (Phi) is 4.59. The van der Waals surface area contributed by atoms with Crippen LogP contribution in [0.4, 0.5) is 11.4 Å². The number of phenols is 1. The number of hydrogen-bond acceptors (Lipinski definition) is 5. The van der Waals surface area contributed by atoms with E-state index in [1.54, 1.807) is 35.2 Å². The van der Waals surface area contributed by atoms with Gasteiger partial charge in [0.2, 0.25) is 0 Å². The topological polar surface area (TPSA) is 43.8 Å². The minimum atomic E-state index is -0.129. The number of hydrogen-bond donors (Lipinski definition) is 1. The minimum absolute atomic E-state index is 0.129. The second-order valence-electron chi connectivity index (χ2n) is 5.52. The van der Waals surface area contributed by atoms with Gasteiger partial charge in [-0.1, -0.05) is 36.1 Å². The fourth-order valence-electron chi connectivity index (χ4n) is 2.31. The van der Waals surface area contributed by atoms with E-state index in [1.165, 1.54) is 11.8 Å². The summed E-state index contributed by atoms with van der Waals surface area (Å²) in [7, 11) is 3.93. The first-order valence-corrected chi connectivity index (χ1v) is 8.52. The van der Waals surface area contributed by atoms with Crippen LogP contribution in [0.3, 0.4) is 0 Å². The van der Waals surface area contributed by atoms with Gasteiger partial charge in [-0.2, -0.15) is 0 Å². The van der Waals surface area contributed by atoms with Crippen LogP contribution in [-0.2, 0) is 4.79 Å². The average molecular weight is 356 g/mol. The number of aromatic hydroxyl groups is 1. The summed E-state index contributed by atoms with van der Waals surface area (Å²) >= 11 is 6.66. The van der Waals surface area contributed by atoms with E-state index < -0.39 is 0 Å². The molecule has 1 N–H and O–H groups in total. The number of carbonyl (C=O) groups excluding carboxylic acids is 1. The zero-order valence-electron chi connectivity index (χ0n) is 13.3. The molecule has 0 atom stereocenters. The first-order chi connectivity index (χ1) is 11.5. The molecule has 1 amide bonds. The average Bonchev–Trinajstić information content (AvgIpc) is 2.83. The zero-order chi connectivity index (χ0) is 17.3. The van der Waals surface area contributed by atoms with E-state index in [4.69, 9.17) is 12.2 Å². The van der Waals surface area contributed by atoms with Crippen molar-refractivity contribution in [2.45, 2.75) is 0 Å². The van der Waals surface area contributed by atoms with Crippen molar-refractivity contribution < 1.29 is 9.90 Å². The minimum Gasteiger partial charge on any atom is -0.508 e. The van der Waals surface area contributed by atoms with Crippen LogP contribution in [0.25, 0.3) is 6.08 Å². The number of nitrogens with zero attached hydrogens (tertiary/aromatic N) is 2. The maximum atomic E-state index is 12.7. The standard InChI is InChI=1S/C18H16N2O2S2/c1-19(2)13-5-7-14(8-6-13)20-17(22)16(24-18(20)23)11-12-3-9-15(21)10-4-12/h3-11,21H,1-2H3/b16-11+. The summed E-state index contributed by atoms with van der Waals surface area (Å²) in [6.45, 7) is 0. The molecule has 0 bridgehead atoms. The van der Waals surface area contributed by atoms with Crippen LogP contribution in [0.15, 0.2) is 53.4 Å². The highest BCUT2D eigenvalue weighted by molar-refractivity contribution is 8.27. The Hall–Kier alpha value is -2.31. The summed E-state index contributed by atoms with van der Waals surface area (Å²) < 4.78 is 0.516. The molecule has 1 aliphatic heterocycles. The lowest BCUT2D eigenvalue weighted by Gasteiger charge is -2.17. The lowest BCUT2D eigenvalue weighted by atomic mass is 10.2. The molecule has 1 heterocycles. The Balaban J connectivity index is 1.87. The van der Waals surface area contributed by atoms with E-state index in [9.17, 15) is 9.90 Å². The monoisotopic (exact) mass is 356 g/mol. The van der Waals surface area contributed by atoms with Crippen molar-refractivity contribution >= 4 is 51.7 Å². The number of carbonyl (C=O) groups is 1. The molecule has 122 valence electrons. The molecule has 2 aromatic carbocycles. The summed E-state index contributed by atoms with van der Waals surface area (Å²) in [4.78, 5) is 16.8. The molecule has 0 radical (unpaired) electrons. The zero-order valence-corrected chi connectivity index (χ0v) is 14.9. The van der Waals surface area contributed by atoms with Gasteiger partial charge in [0.1, 0.15) is 5.75 Å². The third-order valence-electron chi connectivity index (χ3n) is 3.61. The van der Waals surface area contributed by atoms with Gasteiger partial charge in [-0.15, -0.1) is 0 Å². The highest BCUT2D eigenvalue weighted by atomic mass is 32.2. The normalized spacial score (nSPS) is 16.1. The van der Waals surface area contributed by atoms with Gasteiger partial charge in [-0.05, 0) is 48.0 Å². The van der Waals surface area contributed by atoms with E-state index in [0.29, 0.717) is 9.23 Å². The van der Waals surface area contributed by atoms with Gasteiger partial charge in [0.05, 0.1) is 10.6 Å². The molecule has 1 aliphatic rings. The summed E-state index contributed by atoms with van der Waals surface area (Å²) in [5, 5.41) is 9.34.